The van der Waals surface area contributed by atoms with E-state index in [9.17, 15) is 27.9 Å². The van der Waals surface area contributed by atoms with Crippen LogP contribution in [0.15, 0.2) is 72.8 Å². The molecule has 1 N–H and O–H groups in total. The van der Waals surface area contributed by atoms with Crippen LogP contribution in [0.1, 0.15) is 15.9 Å². The lowest BCUT2D eigenvalue weighted by Crippen LogP contribution is -2.40. The molecule has 0 atom stereocenters. The molecule has 0 amide bonds. The van der Waals surface area contributed by atoms with Gasteiger partial charge in [-0.1, -0.05) is 36.4 Å². The van der Waals surface area contributed by atoms with Crippen molar-refractivity contribution in [1.82, 2.24) is 0 Å². The molecule has 0 fully saturated rings. The van der Waals surface area contributed by atoms with Gasteiger partial charge in [-0.2, -0.15) is 17.7 Å². The van der Waals surface area contributed by atoms with Crippen molar-refractivity contribution in [3.8, 4) is 5.75 Å². The van der Waals surface area contributed by atoms with Gasteiger partial charge < -0.3 is 14.4 Å². The van der Waals surface area contributed by atoms with Crippen LogP contribution < -0.4 is 9.30 Å². The highest BCUT2D eigenvalue weighted by Crippen LogP contribution is 2.27. The standard InChI is InChI=1S/C23H17NO4.CHF3O3S/c1-15-7-6-8-16(13-15)28-23(27)22-17-9-2-4-11-19(17)24(14-21(25)26)20-12-5-3-10-18(20)22;2-1(3,4)8(5,6)7/h2-13H,14H2,1H3;(H,5,6,7). The van der Waals surface area contributed by atoms with E-state index >= 15 is 0 Å². The third-order valence-corrected chi connectivity index (χ3v) is 5.48. The lowest BCUT2D eigenvalue weighted by Gasteiger charge is -2.11. The third kappa shape index (κ3) is 5.96. The van der Waals surface area contributed by atoms with Crippen LogP contribution in [-0.4, -0.2) is 35.5 Å². The Labute approximate surface area is 202 Å². The summed E-state index contributed by atoms with van der Waals surface area (Å²) in [6.45, 7) is 1.73. The van der Waals surface area contributed by atoms with Gasteiger partial charge in [0.2, 0.25) is 17.6 Å². The van der Waals surface area contributed by atoms with Crippen molar-refractivity contribution < 1.29 is 50.1 Å². The first-order valence-electron chi connectivity index (χ1n) is 10.2. The summed E-state index contributed by atoms with van der Waals surface area (Å²) in [6.07, 6.45) is 0. The Hall–Kier alpha value is -4.03. The van der Waals surface area contributed by atoms with Crippen molar-refractivity contribution in [1.29, 1.82) is 0 Å². The van der Waals surface area contributed by atoms with E-state index in [2.05, 4.69) is 0 Å². The number of esters is 1. The van der Waals surface area contributed by atoms with Crippen LogP contribution in [0.25, 0.3) is 21.8 Å². The number of carbonyl (C=O) groups excluding carboxylic acids is 1. The van der Waals surface area contributed by atoms with E-state index in [1.165, 1.54) is 0 Å². The molecule has 0 saturated carbocycles. The smallest absolute Gasteiger partial charge is 0.485 e. The molecule has 0 bridgehead atoms. The number of aromatic nitrogens is 1. The van der Waals surface area contributed by atoms with Crippen molar-refractivity contribution in [2.24, 2.45) is 0 Å². The Morgan fingerprint density at radius 3 is 1.89 bits per heavy atom. The molecule has 8 nitrogen and oxygen atoms in total. The Morgan fingerprint density at radius 1 is 0.944 bits per heavy atom. The monoisotopic (exact) mass is 521 g/mol. The first-order valence-corrected chi connectivity index (χ1v) is 11.6. The lowest BCUT2D eigenvalue weighted by atomic mass is 10.0. The molecule has 0 aliphatic carbocycles. The number of nitrogens with zero attached hydrogens (tertiary/aromatic N) is 1. The maximum absolute atomic E-state index is 13.1. The van der Waals surface area contributed by atoms with Crippen molar-refractivity contribution in [3.05, 3.63) is 83.9 Å². The molecule has 0 aliphatic heterocycles. The van der Waals surface area contributed by atoms with Crippen molar-refractivity contribution in [2.45, 2.75) is 19.0 Å². The van der Waals surface area contributed by atoms with E-state index in [4.69, 9.17) is 17.7 Å². The summed E-state index contributed by atoms with van der Waals surface area (Å²) in [4.78, 5) is 24.6. The van der Waals surface area contributed by atoms with E-state index in [-0.39, 0.29) is 6.54 Å². The van der Waals surface area contributed by atoms with Gasteiger partial charge in [0.15, 0.2) is 10.1 Å². The van der Waals surface area contributed by atoms with Gasteiger partial charge in [0.25, 0.3) is 0 Å². The second kappa shape index (κ2) is 10.3. The number of pyridine rings is 1. The SMILES string of the molecule is Cc1cccc(OC(=O)c2c3ccccc3[n+](CC(=O)O)c3ccccc23)c1.O=S(=O)([O-])C(F)(F)F. The quantitative estimate of drug-likeness (QED) is 0.108. The van der Waals surface area contributed by atoms with Gasteiger partial charge in [-0.25, -0.2) is 18.0 Å². The summed E-state index contributed by atoms with van der Waals surface area (Å²) in [5, 5.41) is 10.7. The number of aliphatic carboxylic acids is 1. The zero-order valence-corrected chi connectivity index (χ0v) is 19.3. The molecule has 4 rings (SSSR count). The van der Waals surface area contributed by atoms with E-state index in [1.54, 1.807) is 16.7 Å². The minimum Gasteiger partial charge on any atom is -0.741 e. The Bertz CT molecular complexity index is 1510. The number of aryl methyl sites for hydroxylation is 1. The van der Waals surface area contributed by atoms with E-state index < -0.39 is 27.6 Å². The first kappa shape index (κ1) is 26.6. The predicted molar refractivity (Wildman–Crippen MR) is 121 cm³/mol. The highest BCUT2D eigenvalue weighted by molar-refractivity contribution is 7.86. The van der Waals surface area contributed by atoms with Gasteiger partial charge in [-0.3, -0.25) is 0 Å². The van der Waals surface area contributed by atoms with E-state index in [0.29, 0.717) is 33.1 Å². The highest BCUT2D eigenvalue weighted by atomic mass is 32.2. The number of ether oxygens (including phenoxy) is 1. The van der Waals surface area contributed by atoms with Crippen molar-refractivity contribution in [3.63, 3.8) is 0 Å². The number of fused-ring (bicyclic) bond motifs is 2. The topological polar surface area (TPSA) is 125 Å². The van der Waals surface area contributed by atoms with E-state index in [1.807, 2.05) is 67.6 Å². The molecular formula is C24H18F3NO7S. The summed E-state index contributed by atoms with van der Waals surface area (Å²) >= 11 is 0. The maximum Gasteiger partial charge on any atom is 0.485 e. The van der Waals surface area contributed by atoms with Crippen LogP contribution in [-0.2, 0) is 21.5 Å². The Balaban J connectivity index is 0.000000392. The number of alkyl halides is 3. The van der Waals surface area contributed by atoms with Gasteiger partial charge in [0.1, 0.15) is 5.75 Å². The fraction of sp³-hybridized carbons (Fsp3) is 0.125. The van der Waals surface area contributed by atoms with Crippen LogP contribution in [0.5, 0.6) is 5.75 Å². The second-order valence-corrected chi connectivity index (χ2v) is 8.87. The highest BCUT2D eigenvalue weighted by Gasteiger charge is 2.37. The molecule has 3 aromatic carbocycles. The number of rotatable bonds is 4. The number of carbonyl (C=O) groups is 2. The zero-order chi connectivity index (χ0) is 26.7. The number of benzene rings is 3. The molecule has 36 heavy (non-hydrogen) atoms. The fourth-order valence-electron chi connectivity index (χ4n) is 3.48. The molecular weight excluding hydrogens is 503 g/mol. The van der Waals surface area contributed by atoms with Crippen LogP contribution in [0.4, 0.5) is 13.2 Å². The zero-order valence-electron chi connectivity index (χ0n) is 18.5. The molecule has 1 aromatic heterocycles. The normalized spacial score (nSPS) is 11.6. The molecule has 12 heteroatoms. The second-order valence-electron chi connectivity index (χ2n) is 7.50. The van der Waals surface area contributed by atoms with Crippen molar-refractivity contribution >= 4 is 43.9 Å². The largest absolute Gasteiger partial charge is 0.741 e. The van der Waals surface area contributed by atoms with E-state index in [0.717, 1.165) is 5.56 Å². The maximum atomic E-state index is 13.1. The molecule has 0 unspecified atom stereocenters. The summed E-state index contributed by atoms with van der Waals surface area (Å²) in [5.74, 6) is -0.948. The van der Waals surface area contributed by atoms with Crippen LogP contribution in [0.2, 0.25) is 0 Å². The fourth-order valence-corrected chi connectivity index (χ4v) is 3.48. The molecule has 0 saturated heterocycles. The number of hydrogen-bond donors (Lipinski definition) is 1. The molecule has 4 aromatic rings. The van der Waals surface area contributed by atoms with Crippen LogP contribution in [0, 0.1) is 6.92 Å². The minimum atomic E-state index is -6.09. The first-order chi connectivity index (χ1) is 16.8. The molecule has 0 radical (unpaired) electrons. The van der Waals surface area contributed by atoms with Gasteiger partial charge in [-0.15, -0.1) is 0 Å². The summed E-state index contributed by atoms with van der Waals surface area (Å²) in [5.41, 5.74) is -2.89. The predicted octanol–water partition coefficient (Wildman–Crippen LogP) is 3.94. The van der Waals surface area contributed by atoms with Gasteiger partial charge in [0.05, 0.1) is 16.3 Å². The number of carboxylic acid groups (broad SMARTS) is 1. The van der Waals surface area contributed by atoms with Gasteiger partial charge >= 0.3 is 17.4 Å². The Morgan fingerprint density at radius 2 is 1.44 bits per heavy atom. The molecule has 188 valence electrons. The molecule has 0 aliphatic rings. The average molecular weight is 521 g/mol. The third-order valence-electron chi connectivity index (χ3n) is 4.91. The van der Waals surface area contributed by atoms with Crippen LogP contribution >= 0.6 is 0 Å². The number of hydrogen-bond acceptors (Lipinski definition) is 6. The molecule has 1 heterocycles. The number of halogens is 3. The summed E-state index contributed by atoms with van der Waals surface area (Å²) in [7, 11) is -6.09. The minimum absolute atomic E-state index is 0.200. The van der Waals surface area contributed by atoms with Gasteiger partial charge in [-0.05, 0) is 36.8 Å². The summed E-state index contributed by atoms with van der Waals surface area (Å²) < 4.78 is 66.3. The summed E-state index contributed by atoms with van der Waals surface area (Å²) in [6, 6.07) is 21.9. The molecule has 0 spiro atoms. The lowest BCUT2D eigenvalue weighted by molar-refractivity contribution is -0.633. The Kier molecular flexibility index (Phi) is 7.60. The number of carboxylic acids is 1. The average Bonchev–Trinajstić information content (AvgIpc) is 2.78. The van der Waals surface area contributed by atoms with Crippen molar-refractivity contribution in [2.75, 3.05) is 0 Å². The van der Waals surface area contributed by atoms with Gasteiger partial charge in [0, 0.05) is 12.1 Å². The van der Waals surface area contributed by atoms with Crippen LogP contribution in [0.3, 0.4) is 0 Å². The number of para-hydroxylation sites is 2.